The Morgan fingerprint density at radius 2 is 2.15 bits per heavy atom. The molecule has 0 radical (unpaired) electrons. The summed E-state index contributed by atoms with van der Waals surface area (Å²) < 4.78 is 0. The van der Waals surface area contributed by atoms with Crippen molar-refractivity contribution in [1.29, 1.82) is 0 Å². The topological polar surface area (TPSA) is 42.0 Å². The maximum atomic E-state index is 11.9. The fourth-order valence-corrected chi connectivity index (χ4v) is 3.44. The fraction of sp³-hybridized carbons (Fsp3) is 0.467. The predicted molar refractivity (Wildman–Crippen MR) is 86.7 cm³/mol. The lowest BCUT2D eigenvalue weighted by molar-refractivity contribution is -0.116. The third-order valence-corrected chi connectivity index (χ3v) is 4.62. The highest BCUT2D eigenvalue weighted by Crippen LogP contribution is 2.26. The molecule has 0 spiro atoms. The lowest BCUT2D eigenvalue weighted by atomic mass is 9.93. The molecule has 1 amide bonds. The van der Waals surface area contributed by atoms with Gasteiger partial charge in [0.05, 0.1) is 5.69 Å². The molecule has 0 aromatic carbocycles. The second-order valence-electron chi connectivity index (χ2n) is 5.77. The van der Waals surface area contributed by atoms with Crippen molar-refractivity contribution in [3.05, 3.63) is 33.5 Å². The maximum absolute atomic E-state index is 11.9. The van der Waals surface area contributed by atoms with Gasteiger partial charge in [-0.15, -0.1) is 22.7 Å². The Balaban J connectivity index is 1.78. The van der Waals surface area contributed by atoms with E-state index in [9.17, 15) is 4.79 Å². The molecule has 1 N–H and O–H groups in total. The average molecular weight is 308 g/mol. The lowest BCUT2D eigenvalue weighted by Crippen LogP contribution is -2.14. The molecule has 0 aliphatic rings. The van der Waals surface area contributed by atoms with Crippen LogP contribution < -0.4 is 5.32 Å². The van der Waals surface area contributed by atoms with Crippen molar-refractivity contribution in [2.45, 2.75) is 45.4 Å². The number of carbonyl (C=O) groups excluding carboxylic acids is 1. The standard InChI is InChI=1S/C15H20N2OS2/c1-15(2,3)12-10-20-14(16-12)17-13(18)8-4-6-11-7-5-9-19-11/h5,7,9-10H,4,6,8H2,1-3H3,(H,16,17,18). The summed E-state index contributed by atoms with van der Waals surface area (Å²) in [6.45, 7) is 6.36. The Kier molecular flexibility index (Phi) is 4.94. The van der Waals surface area contributed by atoms with Gasteiger partial charge in [0.1, 0.15) is 0 Å². The van der Waals surface area contributed by atoms with E-state index in [1.165, 1.54) is 16.2 Å². The van der Waals surface area contributed by atoms with Crippen molar-refractivity contribution < 1.29 is 4.79 Å². The summed E-state index contributed by atoms with van der Waals surface area (Å²) in [7, 11) is 0. The monoisotopic (exact) mass is 308 g/mol. The molecular weight excluding hydrogens is 288 g/mol. The Morgan fingerprint density at radius 1 is 1.35 bits per heavy atom. The van der Waals surface area contributed by atoms with Gasteiger partial charge in [0.15, 0.2) is 5.13 Å². The number of aryl methyl sites for hydroxylation is 1. The largest absolute Gasteiger partial charge is 0.302 e. The molecule has 0 saturated carbocycles. The molecule has 0 aliphatic heterocycles. The number of hydrogen-bond donors (Lipinski definition) is 1. The summed E-state index contributed by atoms with van der Waals surface area (Å²) in [5, 5.41) is 7.67. The molecule has 5 heteroatoms. The van der Waals surface area contributed by atoms with Crippen LogP contribution in [0.4, 0.5) is 5.13 Å². The molecule has 20 heavy (non-hydrogen) atoms. The third-order valence-electron chi connectivity index (χ3n) is 2.93. The Hall–Kier alpha value is -1.20. The molecule has 2 heterocycles. The first-order valence-corrected chi connectivity index (χ1v) is 8.49. The minimum Gasteiger partial charge on any atom is -0.302 e. The molecule has 0 aliphatic carbocycles. The van der Waals surface area contributed by atoms with Gasteiger partial charge in [-0.05, 0) is 24.3 Å². The van der Waals surface area contributed by atoms with E-state index < -0.39 is 0 Å². The smallest absolute Gasteiger partial charge is 0.226 e. The van der Waals surface area contributed by atoms with E-state index in [4.69, 9.17) is 0 Å². The SMILES string of the molecule is CC(C)(C)c1csc(NC(=O)CCCc2cccs2)n1. The van der Waals surface area contributed by atoms with Crippen LogP contribution in [0, 0.1) is 0 Å². The average Bonchev–Trinajstić information content (AvgIpc) is 2.98. The van der Waals surface area contributed by atoms with Crippen molar-refractivity contribution >= 4 is 33.7 Å². The zero-order valence-electron chi connectivity index (χ0n) is 12.1. The molecule has 0 fully saturated rings. The van der Waals surface area contributed by atoms with Gasteiger partial charge >= 0.3 is 0 Å². The highest BCUT2D eigenvalue weighted by atomic mass is 32.1. The number of amides is 1. The number of rotatable bonds is 5. The van der Waals surface area contributed by atoms with Crippen LogP contribution in [-0.4, -0.2) is 10.9 Å². The molecule has 2 aromatic heterocycles. The number of nitrogens with zero attached hydrogens (tertiary/aromatic N) is 1. The first-order valence-electron chi connectivity index (χ1n) is 6.73. The second-order valence-corrected chi connectivity index (χ2v) is 7.66. The van der Waals surface area contributed by atoms with Crippen LogP contribution in [0.3, 0.4) is 0 Å². The summed E-state index contributed by atoms with van der Waals surface area (Å²) in [6, 6.07) is 4.16. The first kappa shape index (κ1) is 15.2. The first-order chi connectivity index (χ1) is 9.45. The van der Waals surface area contributed by atoms with Crippen molar-refractivity contribution in [1.82, 2.24) is 4.98 Å². The summed E-state index contributed by atoms with van der Waals surface area (Å²) >= 11 is 3.24. The van der Waals surface area contributed by atoms with Crippen LogP contribution in [0.2, 0.25) is 0 Å². The van der Waals surface area contributed by atoms with Crippen molar-refractivity contribution in [3.63, 3.8) is 0 Å². The Bertz CT molecular complexity index is 553. The molecule has 2 rings (SSSR count). The van der Waals surface area contributed by atoms with Crippen LogP contribution in [0.25, 0.3) is 0 Å². The zero-order valence-corrected chi connectivity index (χ0v) is 13.7. The van der Waals surface area contributed by atoms with Gasteiger partial charge in [-0.3, -0.25) is 4.79 Å². The van der Waals surface area contributed by atoms with Crippen molar-refractivity contribution in [3.8, 4) is 0 Å². The van der Waals surface area contributed by atoms with Crippen LogP contribution >= 0.6 is 22.7 Å². The number of anilines is 1. The normalized spacial score (nSPS) is 11.6. The number of thiophene rings is 1. The van der Waals surface area contributed by atoms with Crippen molar-refractivity contribution in [2.24, 2.45) is 0 Å². The number of thiazole rings is 1. The minimum atomic E-state index is 0.0264. The highest BCUT2D eigenvalue weighted by molar-refractivity contribution is 7.14. The van der Waals surface area contributed by atoms with Gasteiger partial charge < -0.3 is 5.32 Å². The summed E-state index contributed by atoms with van der Waals surface area (Å²) in [4.78, 5) is 17.7. The second kappa shape index (κ2) is 6.50. The summed E-state index contributed by atoms with van der Waals surface area (Å²) in [5.74, 6) is 0.0522. The molecule has 0 unspecified atom stereocenters. The fourth-order valence-electron chi connectivity index (χ4n) is 1.74. The zero-order chi connectivity index (χ0) is 14.6. The maximum Gasteiger partial charge on any atom is 0.226 e. The van der Waals surface area contributed by atoms with Crippen LogP contribution in [-0.2, 0) is 16.6 Å². The van der Waals surface area contributed by atoms with Crippen LogP contribution in [0.1, 0.15) is 44.2 Å². The number of carbonyl (C=O) groups is 1. The number of nitrogens with one attached hydrogen (secondary N) is 1. The molecule has 3 nitrogen and oxygen atoms in total. The number of hydrogen-bond acceptors (Lipinski definition) is 4. The summed E-state index contributed by atoms with van der Waals surface area (Å²) in [5.41, 5.74) is 1.05. The van der Waals surface area contributed by atoms with E-state index in [2.05, 4.69) is 42.5 Å². The lowest BCUT2D eigenvalue weighted by Gasteiger charge is -2.14. The van der Waals surface area contributed by atoms with Gasteiger partial charge in [-0.2, -0.15) is 0 Å². The minimum absolute atomic E-state index is 0.0264. The molecule has 0 saturated heterocycles. The van der Waals surface area contributed by atoms with Gasteiger partial charge in [0.25, 0.3) is 0 Å². The van der Waals surface area contributed by atoms with E-state index in [0.717, 1.165) is 18.5 Å². The van der Waals surface area contributed by atoms with E-state index in [0.29, 0.717) is 11.6 Å². The number of aromatic nitrogens is 1. The van der Waals surface area contributed by atoms with Gasteiger partial charge in [-0.1, -0.05) is 26.8 Å². The molecular formula is C15H20N2OS2. The van der Waals surface area contributed by atoms with Crippen LogP contribution in [0.15, 0.2) is 22.9 Å². The van der Waals surface area contributed by atoms with E-state index in [1.807, 2.05) is 11.4 Å². The predicted octanol–water partition coefficient (Wildman–Crippen LogP) is 4.46. The third kappa shape index (κ3) is 4.42. The van der Waals surface area contributed by atoms with E-state index in [1.54, 1.807) is 11.3 Å². The Morgan fingerprint density at radius 3 is 2.75 bits per heavy atom. The Labute approximate surface area is 128 Å². The van der Waals surface area contributed by atoms with Crippen LogP contribution in [0.5, 0.6) is 0 Å². The van der Waals surface area contributed by atoms with E-state index in [-0.39, 0.29) is 11.3 Å². The highest BCUT2D eigenvalue weighted by Gasteiger charge is 2.18. The van der Waals surface area contributed by atoms with Crippen molar-refractivity contribution in [2.75, 3.05) is 5.32 Å². The van der Waals surface area contributed by atoms with E-state index >= 15 is 0 Å². The van der Waals surface area contributed by atoms with Gasteiger partial charge in [0.2, 0.25) is 5.91 Å². The van der Waals surface area contributed by atoms with Gasteiger partial charge in [0, 0.05) is 22.1 Å². The molecule has 108 valence electrons. The molecule has 0 bridgehead atoms. The van der Waals surface area contributed by atoms with Gasteiger partial charge in [-0.25, -0.2) is 4.98 Å². The molecule has 0 atom stereocenters. The summed E-state index contributed by atoms with van der Waals surface area (Å²) in [6.07, 6.45) is 2.39. The quantitative estimate of drug-likeness (QED) is 0.886. The molecule has 2 aromatic rings.